The van der Waals surface area contributed by atoms with Crippen LogP contribution in [-0.4, -0.2) is 60.1 Å². The van der Waals surface area contributed by atoms with Crippen LogP contribution in [0, 0.1) is 11.8 Å². The minimum absolute atomic E-state index is 0.103. The van der Waals surface area contributed by atoms with Gasteiger partial charge >= 0.3 is 12.0 Å². The molecule has 6 nitrogen and oxygen atoms in total. The second kappa shape index (κ2) is 5.86. The van der Waals surface area contributed by atoms with Crippen molar-refractivity contribution in [3.8, 4) is 0 Å². The molecule has 1 saturated heterocycles. The molecule has 0 saturated carbocycles. The smallest absolute Gasteiger partial charge is 0.319 e. The fourth-order valence-corrected chi connectivity index (χ4v) is 2.01. The van der Waals surface area contributed by atoms with Crippen molar-refractivity contribution in [3.63, 3.8) is 0 Å². The standard InChI is InChI=1S/C11H21N3O3/c1-8(10(15)16)6-13(2)11(17)14-4-3-9(5-12)7-14/h8-9H,3-7,12H2,1-2H3,(H,15,16). The molecular formula is C11H21N3O3. The first-order valence-electron chi connectivity index (χ1n) is 5.88. The van der Waals surface area contributed by atoms with E-state index in [4.69, 9.17) is 10.8 Å². The Labute approximate surface area is 101 Å². The highest BCUT2D eigenvalue weighted by Gasteiger charge is 2.28. The second-order valence-electron chi connectivity index (χ2n) is 4.74. The maximum atomic E-state index is 12.0. The summed E-state index contributed by atoms with van der Waals surface area (Å²) in [6, 6.07) is -0.103. The van der Waals surface area contributed by atoms with E-state index in [0.717, 1.165) is 6.42 Å². The average Bonchev–Trinajstić information content (AvgIpc) is 2.76. The predicted molar refractivity (Wildman–Crippen MR) is 63.6 cm³/mol. The topological polar surface area (TPSA) is 86.9 Å². The van der Waals surface area contributed by atoms with Crippen LogP contribution < -0.4 is 5.73 Å². The average molecular weight is 243 g/mol. The van der Waals surface area contributed by atoms with Crippen molar-refractivity contribution in [2.45, 2.75) is 13.3 Å². The number of carbonyl (C=O) groups is 2. The number of carbonyl (C=O) groups excluding carboxylic acids is 1. The molecule has 0 spiro atoms. The summed E-state index contributed by atoms with van der Waals surface area (Å²) in [7, 11) is 1.64. The largest absolute Gasteiger partial charge is 0.481 e. The van der Waals surface area contributed by atoms with Gasteiger partial charge in [0.1, 0.15) is 0 Å². The van der Waals surface area contributed by atoms with Gasteiger partial charge in [-0.2, -0.15) is 0 Å². The van der Waals surface area contributed by atoms with Gasteiger partial charge in [-0.15, -0.1) is 0 Å². The Morgan fingerprint density at radius 1 is 1.59 bits per heavy atom. The van der Waals surface area contributed by atoms with Gasteiger partial charge in [0.2, 0.25) is 0 Å². The van der Waals surface area contributed by atoms with E-state index >= 15 is 0 Å². The van der Waals surface area contributed by atoms with E-state index in [9.17, 15) is 9.59 Å². The summed E-state index contributed by atoms with van der Waals surface area (Å²) >= 11 is 0. The molecule has 98 valence electrons. The number of likely N-dealkylation sites (tertiary alicyclic amines) is 1. The van der Waals surface area contributed by atoms with Crippen LogP contribution in [0.3, 0.4) is 0 Å². The van der Waals surface area contributed by atoms with E-state index in [1.807, 2.05) is 0 Å². The van der Waals surface area contributed by atoms with Crippen LogP contribution in [0.1, 0.15) is 13.3 Å². The quantitative estimate of drug-likeness (QED) is 0.730. The van der Waals surface area contributed by atoms with Gasteiger partial charge in [0.05, 0.1) is 5.92 Å². The maximum Gasteiger partial charge on any atom is 0.319 e. The molecule has 0 aromatic carbocycles. The molecule has 1 rings (SSSR count). The Morgan fingerprint density at radius 3 is 2.71 bits per heavy atom. The first-order valence-corrected chi connectivity index (χ1v) is 5.88. The molecule has 0 bridgehead atoms. The molecule has 2 amide bonds. The molecule has 0 aromatic heterocycles. The highest BCUT2D eigenvalue weighted by atomic mass is 16.4. The van der Waals surface area contributed by atoms with Gasteiger partial charge in [-0.05, 0) is 18.9 Å². The first-order chi connectivity index (χ1) is 7.95. The van der Waals surface area contributed by atoms with Gasteiger partial charge < -0.3 is 20.6 Å². The number of rotatable bonds is 4. The van der Waals surface area contributed by atoms with E-state index in [0.29, 0.717) is 25.6 Å². The van der Waals surface area contributed by atoms with Crippen LogP contribution in [0.2, 0.25) is 0 Å². The van der Waals surface area contributed by atoms with Crippen molar-refractivity contribution < 1.29 is 14.7 Å². The summed E-state index contributed by atoms with van der Waals surface area (Å²) in [6.45, 7) is 3.82. The Hall–Kier alpha value is -1.30. The number of hydrogen-bond donors (Lipinski definition) is 2. The molecule has 1 fully saturated rings. The van der Waals surface area contributed by atoms with Crippen LogP contribution in [0.25, 0.3) is 0 Å². The van der Waals surface area contributed by atoms with Crippen LogP contribution >= 0.6 is 0 Å². The van der Waals surface area contributed by atoms with Crippen molar-refractivity contribution in [3.05, 3.63) is 0 Å². The lowest BCUT2D eigenvalue weighted by Crippen LogP contribution is -2.42. The third-order valence-corrected chi connectivity index (χ3v) is 3.19. The number of amides is 2. The summed E-state index contributed by atoms with van der Waals surface area (Å²) in [5.74, 6) is -1.05. The van der Waals surface area contributed by atoms with Gasteiger partial charge in [0, 0.05) is 26.7 Å². The van der Waals surface area contributed by atoms with Crippen molar-refractivity contribution in [1.29, 1.82) is 0 Å². The first kappa shape index (κ1) is 13.8. The summed E-state index contributed by atoms with van der Waals surface area (Å²) in [6.07, 6.45) is 0.935. The van der Waals surface area contributed by atoms with Crippen molar-refractivity contribution in [2.24, 2.45) is 17.6 Å². The van der Waals surface area contributed by atoms with Gasteiger partial charge in [-0.25, -0.2) is 4.79 Å². The monoisotopic (exact) mass is 243 g/mol. The van der Waals surface area contributed by atoms with Gasteiger partial charge in [0.15, 0.2) is 0 Å². The van der Waals surface area contributed by atoms with Crippen molar-refractivity contribution >= 4 is 12.0 Å². The lowest BCUT2D eigenvalue weighted by Gasteiger charge is -2.25. The lowest BCUT2D eigenvalue weighted by molar-refractivity contribution is -0.141. The fourth-order valence-electron chi connectivity index (χ4n) is 2.01. The molecule has 0 aliphatic carbocycles. The normalized spacial score (nSPS) is 21.4. The molecule has 2 atom stereocenters. The van der Waals surface area contributed by atoms with Gasteiger partial charge in [-0.3, -0.25) is 4.79 Å². The molecule has 17 heavy (non-hydrogen) atoms. The Balaban J connectivity index is 2.44. The predicted octanol–water partition coefficient (Wildman–Crippen LogP) is 0.0395. The van der Waals surface area contributed by atoms with Crippen LogP contribution in [-0.2, 0) is 4.79 Å². The number of nitrogens with zero attached hydrogens (tertiary/aromatic N) is 2. The van der Waals surface area contributed by atoms with E-state index in [2.05, 4.69) is 0 Å². The third-order valence-electron chi connectivity index (χ3n) is 3.19. The van der Waals surface area contributed by atoms with Crippen molar-refractivity contribution in [1.82, 2.24) is 9.80 Å². The van der Waals surface area contributed by atoms with Crippen LogP contribution in [0.15, 0.2) is 0 Å². The molecule has 2 unspecified atom stereocenters. The zero-order valence-corrected chi connectivity index (χ0v) is 10.4. The van der Waals surface area contributed by atoms with Crippen LogP contribution in [0.5, 0.6) is 0 Å². The summed E-state index contributed by atoms with van der Waals surface area (Å²) in [4.78, 5) is 25.9. The molecule has 6 heteroatoms. The molecule has 1 aliphatic rings. The molecule has 0 radical (unpaired) electrons. The molecular weight excluding hydrogens is 222 g/mol. The summed E-state index contributed by atoms with van der Waals surface area (Å²) in [5, 5.41) is 8.79. The fraction of sp³-hybridized carbons (Fsp3) is 0.818. The van der Waals surface area contributed by atoms with E-state index in [1.54, 1.807) is 18.9 Å². The van der Waals surface area contributed by atoms with E-state index in [1.165, 1.54) is 4.90 Å². The maximum absolute atomic E-state index is 12.0. The van der Waals surface area contributed by atoms with Crippen LogP contribution in [0.4, 0.5) is 4.79 Å². The Kier molecular flexibility index (Phi) is 4.74. The SMILES string of the molecule is CC(CN(C)C(=O)N1CCC(CN)C1)C(=O)O. The zero-order chi connectivity index (χ0) is 13.0. The summed E-state index contributed by atoms with van der Waals surface area (Å²) < 4.78 is 0. The Morgan fingerprint density at radius 2 is 2.24 bits per heavy atom. The molecule has 1 heterocycles. The number of aliphatic carboxylic acids is 1. The third kappa shape index (κ3) is 3.59. The van der Waals surface area contributed by atoms with E-state index < -0.39 is 11.9 Å². The van der Waals surface area contributed by atoms with Gasteiger partial charge in [0.25, 0.3) is 0 Å². The van der Waals surface area contributed by atoms with Crippen molar-refractivity contribution in [2.75, 3.05) is 33.2 Å². The molecule has 1 aliphatic heterocycles. The lowest BCUT2D eigenvalue weighted by atomic mass is 10.1. The highest BCUT2D eigenvalue weighted by Crippen LogP contribution is 2.16. The molecule has 0 aromatic rings. The highest BCUT2D eigenvalue weighted by molar-refractivity contribution is 5.76. The number of carboxylic acids is 1. The zero-order valence-electron chi connectivity index (χ0n) is 10.4. The summed E-state index contributed by atoms with van der Waals surface area (Å²) in [5.41, 5.74) is 5.56. The van der Waals surface area contributed by atoms with Gasteiger partial charge in [-0.1, -0.05) is 6.92 Å². The Bertz CT molecular complexity index is 296. The number of hydrogen-bond acceptors (Lipinski definition) is 3. The number of urea groups is 1. The number of nitrogens with two attached hydrogens (primary N) is 1. The number of carboxylic acid groups (broad SMARTS) is 1. The molecule has 3 N–H and O–H groups in total. The second-order valence-corrected chi connectivity index (χ2v) is 4.74. The minimum atomic E-state index is -0.883. The minimum Gasteiger partial charge on any atom is -0.481 e. The van der Waals surface area contributed by atoms with E-state index in [-0.39, 0.29) is 12.6 Å².